The van der Waals surface area contributed by atoms with Crippen LogP contribution in [0.1, 0.15) is 35.2 Å². The molecule has 23 heavy (non-hydrogen) atoms. The summed E-state index contributed by atoms with van der Waals surface area (Å²) in [7, 11) is 0. The zero-order chi connectivity index (χ0) is 16.2. The number of hydrogen-bond donors (Lipinski definition) is 1. The van der Waals surface area contributed by atoms with Gasteiger partial charge in [-0.25, -0.2) is 9.48 Å². The maximum Gasteiger partial charge on any atom is 0.326 e. The van der Waals surface area contributed by atoms with Crippen LogP contribution in [0.3, 0.4) is 0 Å². The molecular weight excluding hydrogens is 296 g/mol. The van der Waals surface area contributed by atoms with Gasteiger partial charge >= 0.3 is 5.97 Å². The van der Waals surface area contributed by atoms with Crippen molar-refractivity contribution in [3.8, 4) is 0 Å². The number of carbonyl (C=O) groups excluding carboxylic acids is 1. The van der Waals surface area contributed by atoms with Crippen molar-refractivity contribution in [2.24, 2.45) is 0 Å². The van der Waals surface area contributed by atoms with Crippen molar-refractivity contribution < 1.29 is 14.7 Å². The molecule has 0 bridgehead atoms. The number of rotatable bonds is 4. The van der Waals surface area contributed by atoms with Crippen LogP contribution in [0.15, 0.2) is 36.7 Å². The Morgan fingerprint density at radius 2 is 2.00 bits per heavy atom. The van der Waals surface area contributed by atoms with Crippen molar-refractivity contribution in [1.82, 2.24) is 19.9 Å². The Kier molecular flexibility index (Phi) is 4.36. The lowest BCUT2D eigenvalue weighted by Crippen LogP contribution is -2.47. The van der Waals surface area contributed by atoms with Crippen LogP contribution < -0.4 is 0 Å². The minimum Gasteiger partial charge on any atom is -0.480 e. The average molecular weight is 314 g/mol. The third kappa shape index (κ3) is 3.39. The molecule has 1 fully saturated rings. The lowest BCUT2D eigenvalue weighted by molar-refractivity contribution is -0.143. The number of likely N-dealkylation sites (tertiary alicyclic amines) is 1. The first kappa shape index (κ1) is 15.2. The highest BCUT2D eigenvalue weighted by Gasteiger charge is 2.32. The molecule has 0 unspecified atom stereocenters. The van der Waals surface area contributed by atoms with Gasteiger partial charge in [-0.15, -0.1) is 5.10 Å². The maximum absolute atomic E-state index is 12.6. The monoisotopic (exact) mass is 314 g/mol. The number of hydrogen-bond acceptors (Lipinski definition) is 4. The Hall–Kier alpha value is -2.70. The molecule has 1 aromatic carbocycles. The van der Waals surface area contributed by atoms with Gasteiger partial charge in [0, 0.05) is 18.3 Å². The van der Waals surface area contributed by atoms with Gasteiger partial charge in [-0.1, -0.05) is 17.3 Å². The van der Waals surface area contributed by atoms with E-state index in [1.54, 1.807) is 29.2 Å². The predicted molar refractivity (Wildman–Crippen MR) is 81.9 cm³/mol. The highest BCUT2D eigenvalue weighted by Crippen LogP contribution is 2.20. The molecule has 7 heteroatoms. The number of carbonyl (C=O) groups is 2. The molecule has 1 aliphatic rings. The zero-order valence-electron chi connectivity index (χ0n) is 12.6. The van der Waals surface area contributed by atoms with E-state index in [0.29, 0.717) is 25.1 Å². The van der Waals surface area contributed by atoms with Crippen LogP contribution in [0.2, 0.25) is 0 Å². The van der Waals surface area contributed by atoms with E-state index in [-0.39, 0.29) is 5.91 Å². The molecule has 0 spiro atoms. The maximum atomic E-state index is 12.6. The topological polar surface area (TPSA) is 88.3 Å². The number of nitrogens with zero attached hydrogens (tertiary/aromatic N) is 4. The van der Waals surface area contributed by atoms with Gasteiger partial charge in [-0.3, -0.25) is 4.79 Å². The Bertz CT molecular complexity index is 682. The summed E-state index contributed by atoms with van der Waals surface area (Å²) in [6, 6.07) is 6.47. The van der Waals surface area contributed by atoms with E-state index >= 15 is 0 Å². The van der Waals surface area contributed by atoms with E-state index < -0.39 is 12.0 Å². The Labute approximate surface area is 133 Å². The van der Waals surface area contributed by atoms with E-state index in [4.69, 9.17) is 0 Å². The van der Waals surface area contributed by atoms with Crippen LogP contribution in [-0.4, -0.2) is 49.5 Å². The first-order chi connectivity index (χ1) is 11.1. The van der Waals surface area contributed by atoms with E-state index in [1.165, 1.54) is 4.90 Å². The second kappa shape index (κ2) is 6.60. The fourth-order valence-electron chi connectivity index (χ4n) is 2.85. The van der Waals surface area contributed by atoms with Crippen LogP contribution >= 0.6 is 0 Å². The summed E-state index contributed by atoms with van der Waals surface area (Å²) in [6.45, 7) is 1.08. The molecule has 1 N–H and O–H groups in total. The van der Waals surface area contributed by atoms with E-state index in [1.807, 2.05) is 12.1 Å². The van der Waals surface area contributed by atoms with Gasteiger partial charge in [0.2, 0.25) is 0 Å². The fourth-order valence-corrected chi connectivity index (χ4v) is 2.85. The molecule has 1 aliphatic heterocycles. The van der Waals surface area contributed by atoms with Gasteiger partial charge in [-0.2, -0.15) is 0 Å². The molecule has 1 saturated heterocycles. The molecule has 2 aromatic rings. The van der Waals surface area contributed by atoms with Crippen molar-refractivity contribution in [3.63, 3.8) is 0 Å². The highest BCUT2D eigenvalue weighted by molar-refractivity contribution is 5.96. The molecule has 120 valence electrons. The van der Waals surface area contributed by atoms with Crippen LogP contribution in [0.5, 0.6) is 0 Å². The highest BCUT2D eigenvalue weighted by atomic mass is 16.4. The standard InChI is InChI=1S/C16H18N4O3/c21-15(20-9-2-1-3-14(20)16(22)23)13-6-4-12(5-7-13)11-19-10-8-17-18-19/h4-8,10,14H,1-3,9,11H2,(H,22,23)/t14-/m1/s1. The Morgan fingerprint density at radius 3 is 2.65 bits per heavy atom. The summed E-state index contributed by atoms with van der Waals surface area (Å²) in [4.78, 5) is 25.4. The van der Waals surface area contributed by atoms with Gasteiger partial charge in [0.25, 0.3) is 5.91 Å². The van der Waals surface area contributed by atoms with E-state index in [9.17, 15) is 14.7 Å². The molecule has 1 aromatic heterocycles. The van der Waals surface area contributed by atoms with Crippen molar-refractivity contribution in [3.05, 3.63) is 47.8 Å². The minimum absolute atomic E-state index is 0.218. The summed E-state index contributed by atoms with van der Waals surface area (Å²) in [5.74, 6) is -1.15. The molecule has 1 atom stereocenters. The summed E-state index contributed by atoms with van der Waals surface area (Å²) >= 11 is 0. The Balaban J connectivity index is 1.73. The molecular formula is C16H18N4O3. The molecule has 7 nitrogen and oxygen atoms in total. The van der Waals surface area contributed by atoms with Crippen LogP contribution in [0.4, 0.5) is 0 Å². The van der Waals surface area contributed by atoms with Gasteiger partial charge < -0.3 is 10.0 Å². The quantitative estimate of drug-likeness (QED) is 0.921. The summed E-state index contributed by atoms with van der Waals surface area (Å²) < 4.78 is 1.70. The van der Waals surface area contributed by atoms with Crippen molar-refractivity contribution in [1.29, 1.82) is 0 Å². The van der Waals surface area contributed by atoms with Gasteiger partial charge in [0.1, 0.15) is 6.04 Å². The van der Waals surface area contributed by atoms with Gasteiger partial charge in [-0.05, 0) is 37.0 Å². The van der Waals surface area contributed by atoms with Crippen molar-refractivity contribution in [2.45, 2.75) is 31.8 Å². The van der Waals surface area contributed by atoms with Crippen LogP contribution in [0, 0.1) is 0 Å². The predicted octanol–water partition coefficient (Wildman–Crippen LogP) is 1.41. The zero-order valence-corrected chi connectivity index (χ0v) is 12.6. The largest absolute Gasteiger partial charge is 0.480 e. The molecule has 0 radical (unpaired) electrons. The van der Waals surface area contributed by atoms with Crippen molar-refractivity contribution in [2.75, 3.05) is 6.54 Å². The van der Waals surface area contributed by atoms with Crippen molar-refractivity contribution >= 4 is 11.9 Å². The minimum atomic E-state index is -0.930. The molecule has 3 rings (SSSR count). The number of carboxylic acid groups (broad SMARTS) is 1. The third-order valence-corrected chi connectivity index (χ3v) is 4.07. The normalized spacial score (nSPS) is 17.9. The molecule has 0 saturated carbocycles. The van der Waals surface area contributed by atoms with Gasteiger partial charge in [0.05, 0.1) is 12.7 Å². The number of amides is 1. The lowest BCUT2D eigenvalue weighted by atomic mass is 10.0. The number of aliphatic carboxylic acids is 1. The first-order valence-corrected chi connectivity index (χ1v) is 7.62. The second-order valence-corrected chi connectivity index (χ2v) is 5.65. The summed E-state index contributed by atoms with van der Waals surface area (Å²) in [5.41, 5.74) is 1.51. The van der Waals surface area contributed by atoms with E-state index in [2.05, 4.69) is 10.3 Å². The number of benzene rings is 1. The third-order valence-electron chi connectivity index (χ3n) is 4.07. The average Bonchev–Trinajstić information content (AvgIpc) is 3.08. The Morgan fingerprint density at radius 1 is 1.22 bits per heavy atom. The smallest absolute Gasteiger partial charge is 0.326 e. The second-order valence-electron chi connectivity index (χ2n) is 5.65. The summed E-state index contributed by atoms with van der Waals surface area (Å²) in [5, 5.41) is 16.9. The number of piperidine rings is 1. The summed E-state index contributed by atoms with van der Waals surface area (Å²) in [6.07, 6.45) is 5.59. The van der Waals surface area contributed by atoms with Gasteiger partial charge in [0.15, 0.2) is 0 Å². The number of aromatic nitrogens is 3. The SMILES string of the molecule is O=C(O)[C@H]1CCCCN1C(=O)c1ccc(Cn2ccnn2)cc1. The molecule has 1 amide bonds. The van der Waals surface area contributed by atoms with Crippen LogP contribution in [-0.2, 0) is 11.3 Å². The fraction of sp³-hybridized carbons (Fsp3) is 0.375. The molecule has 0 aliphatic carbocycles. The first-order valence-electron chi connectivity index (χ1n) is 7.62. The molecule has 2 heterocycles. The lowest BCUT2D eigenvalue weighted by Gasteiger charge is -2.33. The van der Waals surface area contributed by atoms with E-state index in [0.717, 1.165) is 18.4 Å². The van der Waals surface area contributed by atoms with Crippen LogP contribution in [0.25, 0.3) is 0 Å². The number of carboxylic acids is 1.